The summed E-state index contributed by atoms with van der Waals surface area (Å²) in [5, 5.41) is 11.0. The topological polar surface area (TPSA) is 87.6 Å². The molecule has 1 aromatic carbocycles. The molecule has 0 aliphatic carbocycles. The molecule has 0 saturated carbocycles. The van der Waals surface area contributed by atoms with E-state index in [4.69, 9.17) is 15.0 Å². The van der Waals surface area contributed by atoms with Crippen molar-refractivity contribution in [3.8, 4) is 0 Å². The standard InChI is InChI=1S/C13H18BFN2O4/c1-12(2)13(3,4)21-14(20-12)11(16)9-6-5-8(15)7-10(9)17(18)19/h5-7,11H,16H2,1-4H3/t11-/m0/s1. The SMILES string of the molecule is CC1(C)OB([C@@H](N)c2ccc(F)cc2[N+](=O)[O-])OC1(C)C. The van der Waals surface area contributed by atoms with Crippen LogP contribution in [-0.2, 0) is 9.31 Å². The van der Waals surface area contributed by atoms with E-state index in [0.29, 0.717) is 0 Å². The maximum atomic E-state index is 13.2. The molecule has 1 aliphatic rings. The van der Waals surface area contributed by atoms with Crippen LogP contribution >= 0.6 is 0 Å². The summed E-state index contributed by atoms with van der Waals surface area (Å²) in [6, 6.07) is 3.27. The number of nitrogens with two attached hydrogens (primary N) is 1. The van der Waals surface area contributed by atoms with Crippen LogP contribution in [0.3, 0.4) is 0 Å². The van der Waals surface area contributed by atoms with Crippen LogP contribution in [0.5, 0.6) is 0 Å². The lowest BCUT2D eigenvalue weighted by atomic mass is 9.74. The van der Waals surface area contributed by atoms with Crippen LogP contribution in [-0.4, -0.2) is 23.2 Å². The summed E-state index contributed by atoms with van der Waals surface area (Å²) in [4.78, 5) is 10.4. The van der Waals surface area contributed by atoms with Crippen molar-refractivity contribution in [1.82, 2.24) is 0 Å². The van der Waals surface area contributed by atoms with Crippen LogP contribution in [0.4, 0.5) is 10.1 Å². The summed E-state index contributed by atoms with van der Waals surface area (Å²) >= 11 is 0. The lowest BCUT2D eigenvalue weighted by molar-refractivity contribution is -0.385. The Morgan fingerprint density at radius 3 is 2.29 bits per heavy atom. The molecule has 0 spiro atoms. The molecule has 0 bridgehead atoms. The molecular weight excluding hydrogens is 278 g/mol. The number of hydrogen-bond acceptors (Lipinski definition) is 5. The quantitative estimate of drug-likeness (QED) is 0.525. The second kappa shape index (κ2) is 5.05. The van der Waals surface area contributed by atoms with Gasteiger partial charge in [0.25, 0.3) is 5.69 Å². The smallest absolute Gasteiger partial charge is 0.402 e. The first-order valence-electron chi connectivity index (χ1n) is 6.60. The molecule has 1 aromatic rings. The van der Waals surface area contributed by atoms with Gasteiger partial charge in [-0.25, -0.2) is 4.39 Å². The van der Waals surface area contributed by atoms with E-state index in [1.54, 1.807) is 0 Å². The largest absolute Gasteiger partial charge is 0.480 e. The van der Waals surface area contributed by atoms with E-state index in [1.807, 2.05) is 27.7 Å². The molecule has 2 N–H and O–H groups in total. The van der Waals surface area contributed by atoms with Crippen LogP contribution in [0.2, 0.25) is 0 Å². The van der Waals surface area contributed by atoms with Crippen LogP contribution < -0.4 is 5.73 Å². The molecule has 0 amide bonds. The van der Waals surface area contributed by atoms with Crippen molar-refractivity contribution in [2.75, 3.05) is 0 Å². The Morgan fingerprint density at radius 2 is 1.81 bits per heavy atom. The maximum absolute atomic E-state index is 13.2. The highest BCUT2D eigenvalue weighted by molar-refractivity contribution is 6.47. The third-order valence-electron chi connectivity index (χ3n) is 4.11. The van der Waals surface area contributed by atoms with Crippen molar-refractivity contribution in [2.24, 2.45) is 5.73 Å². The van der Waals surface area contributed by atoms with Gasteiger partial charge in [-0.05, 0) is 39.8 Å². The van der Waals surface area contributed by atoms with Gasteiger partial charge in [-0.2, -0.15) is 0 Å². The summed E-state index contributed by atoms with van der Waals surface area (Å²) in [5.41, 5.74) is 4.67. The third-order valence-corrected chi connectivity index (χ3v) is 4.11. The first kappa shape index (κ1) is 15.9. The van der Waals surface area contributed by atoms with Gasteiger partial charge in [0.1, 0.15) is 5.82 Å². The summed E-state index contributed by atoms with van der Waals surface area (Å²) in [7, 11) is -0.834. The van der Waals surface area contributed by atoms with Gasteiger partial charge in [0, 0.05) is 5.56 Å². The minimum atomic E-state index is -0.882. The average molecular weight is 296 g/mol. The molecular formula is C13H18BFN2O4. The number of hydrogen-bond donors (Lipinski definition) is 1. The lowest BCUT2D eigenvalue weighted by Gasteiger charge is -2.32. The molecule has 1 atom stereocenters. The Balaban J connectivity index is 2.34. The van der Waals surface area contributed by atoms with Crippen molar-refractivity contribution in [1.29, 1.82) is 0 Å². The molecule has 21 heavy (non-hydrogen) atoms. The number of benzene rings is 1. The Kier molecular flexibility index (Phi) is 3.81. The Bertz CT molecular complexity index is 563. The van der Waals surface area contributed by atoms with E-state index < -0.39 is 35.0 Å². The van der Waals surface area contributed by atoms with Crippen molar-refractivity contribution in [3.05, 3.63) is 39.7 Å². The van der Waals surface area contributed by atoms with Gasteiger partial charge in [0.2, 0.25) is 0 Å². The van der Waals surface area contributed by atoms with Crippen molar-refractivity contribution in [2.45, 2.75) is 44.8 Å². The Hall–Kier alpha value is -1.51. The molecule has 1 heterocycles. The lowest BCUT2D eigenvalue weighted by Crippen LogP contribution is -2.41. The molecule has 1 fully saturated rings. The number of nitro groups is 1. The number of nitrogens with zero attached hydrogens (tertiary/aromatic N) is 1. The monoisotopic (exact) mass is 296 g/mol. The van der Waals surface area contributed by atoms with Crippen LogP contribution in [0.1, 0.15) is 39.2 Å². The highest BCUT2D eigenvalue weighted by Gasteiger charge is 2.54. The van der Waals surface area contributed by atoms with Gasteiger partial charge in [-0.3, -0.25) is 10.1 Å². The van der Waals surface area contributed by atoms with Crippen LogP contribution in [0.25, 0.3) is 0 Å². The van der Waals surface area contributed by atoms with Gasteiger partial charge in [-0.15, -0.1) is 0 Å². The van der Waals surface area contributed by atoms with Crippen molar-refractivity contribution < 1.29 is 18.6 Å². The fourth-order valence-electron chi connectivity index (χ4n) is 2.14. The minimum Gasteiger partial charge on any atom is -0.402 e. The predicted octanol–water partition coefficient (Wildman–Crippen LogP) is 2.37. The van der Waals surface area contributed by atoms with Crippen LogP contribution in [0, 0.1) is 15.9 Å². The second-order valence-electron chi connectivity index (χ2n) is 6.11. The summed E-state index contributed by atoms with van der Waals surface area (Å²) < 4.78 is 24.7. The Labute approximate surface area is 122 Å². The van der Waals surface area contributed by atoms with Gasteiger partial charge in [0.05, 0.1) is 28.1 Å². The number of halogens is 1. The van der Waals surface area contributed by atoms with E-state index >= 15 is 0 Å². The summed E-state index contributed by atoms with van der Waals surface area (Å²) in [6.45, 7) is 7.44. The van der Waals surface area contributed by atoms with E-state index in [2.05, 4.69) is 0 Å². The molecule has 114 valence electrons. The second-order valence-corrected chi connectivity index (χ2v) is 6.11. The van der Waals surface area contributed by atoms with Crippen molar-refractivity contribution in [3.63, 3.8) is 0 Å². The zero-order valence-corrected chi connectivity index (χ0v) is 12.4. The van der Waals surface area contributed by atoms with Gasteiger partial charge >= 0.3 is 7.12 Å². The third kappa shape index (κ3) is 2.79. The number of nitro benzene ring substituents is 1. The fourth-order valence-corrected chi connectivity index (χ4v) is 2.14. The Morgan fingerprint density at radius 1 is 1.29 bits per heavy atom. The minimum absolute atomic E-state index is 0.180. The zero-order chi connectivity index (χ0) is 16.0. The molecule has 2 rings (SSSR count). The predicted molar refractivity (Wildman–Crippen MR) is 76.1 cm³/mol. The molecule has 8 heteroatoms. The van der Waals surface area contributed by atoms with E-state index in [-0.39, 0.29) is 11.3 Å². The maximum Gasteiger partial charge on any atom is 0.480 e. The molecule has 0 unspecified atom stereocenters. The average Bonchev–Trinajstić information content (AvgIpc) is 2.57. The first-order chi connectivity index (χ1) is 9.55. The molecule has 1 aliphatic heterocycles. The van der Waals surface area contributed by atoms with E-state index in [0.717, 1.165) is 12.1 Å². The molecule has 6 nitrogen and oxygen atoms in total. The fraction of sp³-hybridized carbons (Fsp3) is 0.538. The summed E-state index contributed by atoms with van der Waals surface area (Å²) in [5.74, 6) is -1.57. The molecule has 1 saturated heterocycles. The summed E-state index contributed by atoms with van der Waals surface area (Å²) in [6.07, 6.45) is 0. The van der Waals surface area contributed by atoms with Gasteiger partial charge in [0.15, 0.2) is 0 Å². The molecule has 0 aromatic heterocycles. The highest BCUT2D eigenvalue weighted by Crippen LogP contribution is 2.40. The van der Waals surface area contributed by atoms with Gasteiger partial charge in [-0.1, -0.05) is 0 Å². The number of rotatable bonds is 3. The van der Waals surface area contributed by atoms with Crippen molar-refractivity contribution >= 4 is 12.8 Å². The van der Waals surface area contributed by atoms with Crippen LogP contribution in [0.15, 0.2) is 18.2 Å². The zero-order valence-electron chi connectivity index (χ0n) is 12.4. The normalized spacial score (nSPS) is 21.3. The molecule has 0 radical (unpaired) electrons. The first-order valence-corrected chi connectivity index (χ1v) is 6.60. The van der Waals surface area contributed by atoms with E-state index in [1.165, 1.54) is 6.07 Å². The van der Waals surface area contributed by atoms with E-state index in [9.17, 15) is 14.5 Å². The van der Waals surface area contributed by atoms with Gasteiger partial charge < -0.3 is 15.0 Å². The highest BCUT2D eigenvalue weighted by atomic mass is 19.1.